The van der Waals surface area contributed by atoms with Crippen molar-refractivity contribution in [2.24, 2.45) is 0 Å². The normalized spacial score (nSPS) is 23.2. The van der Waals surface area contributed by atoms with E-state index < -0.39 is 0 Å². The van der Waals surface area contributed by atoms with Gasteiger partial charge in [0.25, 0.3) is 0 Å². The molecule has 0 spiro atoms. The summed E-state index contributed by atoms with van der Waals surface area (Å²) in [5.74, 6) is 0.207. The number of carbonyl (C=O) groups excluding carboxylic acids is 1. The van der Waals surface area contributed by atoms with Crippen LogP contribution in [0.25, 0.3) is 0 Å². The summed E-state index contributed by atoms with van der Waals surface area (Å²) in [7, 11) is 1.76. The molecular weight excluding hydrogens is 262 g/mol. The molecule has 0 radical (unpaired) electrons. The summed E-state index contributed by atoms with van der Waals surface area (Å²) >= 11 is 0. The molecule has 1 fully saturated rings. The monoisotopic (exact) mass is 289 g/mol. The third-order valence-electron chi connectivity index (χ3n) is 4.41. The van der Waals surface area contributed by atoms with Crippen LogP contribution in [0.5, 0.6) is 0 Å². The molecule has 0 aliphatic carbocycles. The number of aryl methyl sites for hydroxylation is 1. The van der Waals surface area contributed by atoms with Crippen LogP contribution in [0.2, 0.25) is 0 Å². The van der Waals surface area contributed by atoms with E-state index in [9.17, 15) is 4.79 Å². The number of piperidine rings is 1. The van der Waals surface area contributed by atoms with E-state index in [2.05, 4.69) is 30.9 Å². The minimum Gasteiger partial charge on any atom is -0.377 e. The smallest absolute Gasteiger partial charge is 0.176 e. The third kappa shape index (κ3) is 4.39. The number of ketones is 1. The quantitative estimate of drug-likeness (QED) is 0.752. The van der Waals surface area contributed by atoms with E-state index in [1.807, 2.05) is 12.1 Å². The number of hydrogen-bond donors (Lipinski definition) is 0. The Kier molecular flexibility index (Phi) is 5.54. The summed E-state index contributed by atoms with van der Waals surface area (Å²) in [6.07, 6.45) is 4.37. The first-order chi connectivity index (χ1) is 10.1. The number of Topliss-reactive ketones (excluding diaryl/α,β-unsaturated/α-hetero) is 1. The van der Waals surface area contributed by atoms with Crippen LogP contribution in [0.1, 0.15) is 49.0 Å². The molecule has 1 aliphatic rings. The summed E-state index contributed by atoms with van der Waals surface area (Å²) in [5, 5.41) is 0. The van der Waals surface area contributed by atoms with Gasteiger partial charge in [-0.1, -0.05) is 37.6 Å². The van der Waals surface area contributed by atoms with Crippen molar-refractivity contribution in [2.75, 3.05) is 26.7 Å². The fraction of sp³-hybridized carbons (Fsp3) is 0.611. The molecule has 0 bridgehead atoms. The summed E-state index contributed by atoms with van der Waals surface area (Å²) in [4.78, 5) is 14.6. The van der Waals surface area contributed by atoms with Gasteiger partial charge in [-0.3, -0.25) is 9.69 Å². The zero-order valence-corrected chi connectivity index (χ0v) is 13.5. The van der Waals surface area contributed by atoms with E-state index in [0.29, 0.717) is 6.54 Å². The number of methoxy groups -OCH3 is 1. The van der Waals surface area contributed by atoms with Crippen molar-refractivity contribution in [1.29, 1.82) is 0 Å². The first-order valence-electron chi connectivity index (χ1n) is 7.96. The number of benzene rings is 1. The van der Waals surface area contributed by atoms with Crippen LogP contribution in [0.15, 0.2) is 24.3 Å². The SMILES string of the molecule is CCCc1ccc(C(=O)CN2CCCC(C)(OC)C2)cc1. The Morgan fingerprint density at radius 3 is 2.67 bits per heavy atom. The second-order valence-electron chi connectivity index (χ2n) is 6.34. The van der Waals surface area contributed by atoms with Crippen LogP contribution >= 0.6 is 0 Å². The molecule has 2 rings (SSSR count). The Balaban J connectivity index is 1.94. The maximum atomic E-state index is 12.4. The lowest BCUT2D eigenvalue weighted by atomic mass is 9.94. The minimum absolute atomic E-state index is 0.108. The predicted molar refractivity (Wildman–Crippen MR) is 85.9 cm³/mol. The van der Waals surface area contributed by atoms with E-state index >= 15 is 0 Å². The molecule has 1 unspecified atom stereocenters. The molecule has 1 atom stereocenters. The van der Waals surface area contributed by atoms with E-state index in [0.717, 1.165) is 44.3 Å². The highest BCUT2D eigenvalue weighted by Crippen LogP contribution is 2.23. The zero-order valence-electron chi connectivity index (χ0n) is 13.5. The highest BCUT2D eigenvalue weighted by atomic mass is 16.5. The summed E-state index contributed by atoms with van der Waals surface area (Å²) in [5.41, 5.74) is 2.02. The van der Waals surface area contributed by atoms with Gasteiger partial charge in [-0.25, -0.2) is 0 Å². The molecule has 3 heteroatoms. The van der Waals surface area contributed by atoms with Crippen LogP contribution in [-0.4, -0.2) is 43.0 Å². The molecule has 0 aromatic heterocycles. The van der Waals surface area contributed by atoms with Gasteiger partial charge in [0, 0.05) is 19.2 Å². The van der Waals surface area contributed by atoms with Gasteiger partial charge in [-0.05, 0) is 38.3 Å². The van der Waals surface area contributed by atoms with E-state index in [4.69, 9.17) is 4.74 Å². The molecule has 0 N–H and O–H groups in total. The highest BCUT2D eigenvalue weighted by Gasteiger charge is 2.31. The van der Waals surface area contributed by atoms with Crippen molar-refractivity contribution in [3.8, 4) is 0 Å². The largest absolute Gasteiger partial charge is 0.377 e. The molecular formula is C18H27NO2. The average molecular weight is 289 g/mol. The van der Waals surface area contributed by atoms with Crippen LogP contribution in [-0.2, 0) is 11.2 Å². The predicted octanol–water partition coefficient (Wildman–Crippen LogP) is 3.32. The Bertz CT molecular complexity index is 469. The summed E-state index contributed by atoms with van der Waals surface area (Å²) in [6.45, 7) is 6.61. The lowest BCUT2D eigenvalue weighted by Crippen LogP contribution is -2.48. The number of carbonyl (C=O) groups is 1. The number of ether oxygens (including phenoxy) is 1. The van der Waals surface area contributed by atoms with Crippen LogP contribution in [0, 0.1) is 0 Å². The van der Waals surface area contributed by atoms with Crippen molar-refractivity contribution in [2.45, 2.75) is 45.1 Å². The standard InChI is InChI=1S/C18H27NO2/c1-4-6-15-7-9-16(10-8-15)17(20)13-19-12-5-11-18(2,14-19)21-3/h7-10H,4-6,11-14H2,1-3H3. The summed E-state index contributed by atoms with van der Waals surface area (Å²) in [6, 6.07) is 8.08. The van der Waals surface area contributed by atoms with Crippen LogP contribution in [0.4, 0.5) is 0 Å². The summed E-state index contributed by atoms with van der Waals surface area (Å²) < 4.78 is 5.59. The molecule has 21 heavy (non-hydrogen) atoms. The fourth-order valence-electron chi connectivity index (χ4n) is 3.05. The van der Waals surface area contributed by atoms with Gasteiger partial charge in [-0.2, -0.15) is 0 Å². The lowest BCUT2D eigenvalue weighted by molar-refractivity contribution is -0.0485. The Morgan fingerprint density at radius 1 is 1.33 bits per heavy atom. The van der Waals surface area contributed by atoms with Crippen LogP contribution < -0.4 is 0 Å². The molecule has 1 aromatic rings. The minimum atomic E-state index is -0.108. The van der Waals surface area contributed by atoms with E-state index in [-0.39, 0.29) is 11.4 Å². The molecule has 116 valence electrons. The topological polar surface area (TPSA) is 29.5 Å². The molecule has 0 saturated carbocycles. The average Bonchev–Trinajstić information content (AvgIpc) is 2.48. The van der Waals surface area contributed by atoms with Crippen molar-refractivity contribution >= 4 is 5.78 Å². The first-order valence-corrected chi connectivity index (χ1v) is 7.96. The zero-order chi connectivity index (χ0) is 15.3. The second-order valence-corrected chi connectivity index (χ2v) is 6.34. The lowest BCUT2D eigenvalue weighted by Gasteiger charge is -2.39. The van der Waals surface area contributed by atoms with Gasteiger partial charge >= 0.3 is 0 Å². The Morgan fingerprint density at radius 2 is 2.05 bits per heavy atom. The maximum absolute atomic E-state index is 12.4. The van der Waals surface area contributed by atoms with Crippen molar-refractivity contribution < 1.29 is 9.53 Å². The fourth-order valence-corrected chi connectivity index (χ4v) is 3.05. The number of likely N-dealkylation sites (tertiary alicyclic amines) is 1. The first kappa shape index (κ1) is 16.2. The van der Waals surface area contributed by atoms with Crippen molar-refractivity contribution in [1.82, 2.24) is 4.90 Å². The van der Waals surface area contributed by atoms with Crippen molar-refractivity contribution in [3.63, 3.8) is 0 Å². The number of hydrogen-bond acceptors (Lipinski definition) is 3. The molecule has 1 heterocycles. The number of nitrogens with zero attached hydrogens (tertiary/aromatic N) is 1. The highest BCUT2D eigenvalue weighted by molar-refractivity contribution is 5.97. The Labute approximate surface area is 128 Å². The van der Waals surface area contributed by atoms with Gasteiger partial charge in [0.1, 0.15) is 0 Å². The maximum Gasteiger partial charge on any atom is 0.176 e. The molecule has 3 nitrogen and oxygen atoms in total. The van der Waals surface area contributed by atoms with Gasteiger partial charge < -0.3 is 4.74 Å². The van der Waals surface area contributed by atoms with E-state index in [1.165, 1.54) is 5.56 Å². The molecule has 1 aliphatic heterocycles. The van der Waals surface area contributed by atoms with Crippen molar-refractivity contribution in [3.05, 3.63) is 35.4 Å². The third-order valence-corrected chi connectivity index (χ3v) is 4.41. The van der Waals surface area contributed by atoms with Gasteiger partial charge in [0.15, 0.2) is 5.78 Å². The molecule has 1 saturated heterocycles. The Hall–Kier alpha value is -1.19. The van der Waals surface area contributed by atoms with Gasteiger partial charge in [0.2, 0.25) is 0 Å². The van der Waals surface area contributed by atoms with E-state index in [1.54, 1.807) is 7.11 Å². The molecule has 0 amide bonds. The van der Waals surface area contributed by atoms with Crippen LogP contribution in [0.3, 0.4) is 0 Å². The second kappa shape index (κ2) is 7.19. The number of rotatable bonds is 6. The van der Waals surface area contributed by atoms with Gasteiger partial charge in [0.05, 0.1) is 12.1 Å². The molecule has 1 aromatic carbocycles. The van der Waals surface area contributed by atoms with Gasteiger partial charge in [-0.15, -0.1) is 0 Å².